The molecule has 0 fully saturated rings. The van der Waals surface area contributed by atoms with Crippen molar-refractivity contribution in [1.29, 1.82) is 0 Å². The lowest BCUT2D eigenvalue weighted by Crippen LogP contribution is -1.95. The lowest BCUT2D eigenvalue weighted by atomic mass is 10.2. The maximum Gasteiger partial charge on any atom is 0.200 e. The van der Waals surface area contributed by atoms with Crippen LogP contribution in [0.2, 0.25) is 5.02 Å². The van der Waals surface area contributed by atoms with Gasteiger partial charge in [0, 0.05) is 23.4 Å². The van der Waals surface area contributed by atoms with Crippen LogP contribution in [0.15, 0.2) is 46.2 Å². The van der Waals surface area contributed by atoms with Gasteiger partial charge in [-0.3, -0.25) is 0 Å². The minimum atomic E-state index is -0.316. The molecule has 0 saturated carbocycles. The van der Waals surface area contributed by atoms with Crippen LogP contribution in [0.1, 0.15) is 5.56 Å². The Morgan fingerprint density at radius 2 is 2.14 bits per heavy atom. The van der Waals surface area contributed by atoms with E-state index in [9.17, 15) is 4.39 Å². The number of hydrogen-bond donors (Lipinski definition) is 0. The first kappa shape index (κ1) is 14.2. The summed E-state index contributed by atoms with van der Waals surface area (Å²) in [5.41, 5.74) is 0.465. The van der Waals surface area contributed by atoms with Gasteiger partial charge in [0.05, 0.1) is 6.26 Å². The average molecular weight is 324 g/mol. The third-order valence-corrected chi connectivity index (χ3v) is 4.38. The summed E-state index contributed by atoms with van der Waals surface area (Å²) < 4.78 is 20.8. The molecule has 0 saturated heterocycles. The first-order valence-corrected chi connectivity index (χ1v) is 7.52. The van der Waals surface area contributed by atoms with E-state index in [1.54, 1.807) is 29.0 Å². The summed E-state index contributed by atoms with van der Waals surface area (Å²) in [6.07, 6.45) is 1.58. The van der Waals surface area contributed by atoms with Crippen molar-refractivity contribution in [1.82, 2.24) is 14.8 Å². The van der Waals surface area contributed by atoms with Crippen LogP contribution in [0.4, 0.5) is 4.39 Å². The molecule has 0 aliphatic heterocycles. The molecule has 2 aromatic heterocycles. The van der Waals surface area contributed by atoms with Crippen LogP contribution in [0.25, 0.3) is 11.6 Å². The number of hydrogen-bond acceptors (Lipinski definition) is 4. The van der Waals surface area contributed by atoms with E-state index in [-0.39, 0.29) is 5.82 Å². The van der Waals surface area contributed by atoms with Gasteiger partial charge in [-0.25, -0.2) is 4.39 Å². The molecular formula is C14H11ClFN3OS. The van der Waals surface area contributed by atoms with Crippen LogP contribution in [0, 0.1) is 5.82 Å². The second-order valence-electron chi connectivity index (χ2n) is 4.33. The van der Waals surface area contributed by atoms with E-state index in [0.29, 0.717) is 33.1 Å². The molecule has 2 heterocycles. The molecule has 0 aliphatic carbocycles. The molecular weight excluding hydrogens is 313 g/mol. The van der Waals surface area contributed by atoms with Crippen molar-refractivity contribution in [3.8, 4) is 11.6 Å². The highest BCUT2D eigenvalue weighted by Crippen LogP contribution is 2.29. The number of furan rings is 1. The Morgan fingerprint density at radius 3 is 2.86 bits per heavy atom. The number of benzene rings is 1. The molecule has 0 spiro atoms. The quantitative estimate of drug-likeness (QED) is 0.676. The third kappa shape index (κ3) is 2.82. The molecule has 1 aromatic carbocycles. The fourth-order valence-corrected chi connectivity index (χ4v) is 3.12. The number of nitrogens with zero attached hydrogens (tertiary/aromatic N) is 3. The van der Waals surface area contributed by atoms with E-state index in [0.717, 1.165) is 0 Å². The summed E-state index contributed by atoms with van der Waals surface area (Å²) in [4.78, 5) is 0. The van der Waals surface area contributed by atoms with E-state index in [4.69, 9.17) is 16.0 Å². The largest absolute Gasteiger partial charge is 0.461 e. The lowest BCUT2D eigenvalue weighted by Gasteiger charge is -2.05. The first-order valence-electron chi connectivity index (χ1n) is 6.16. The van der Waals surface area contributed by atoms with Gasteiger partial charge >= 0.3 is 0 Å². The fourth-order valence-electron chi connectivity index (χ4n) is 1.87. The van der Waals surface area contributed by atoms with Crippen molar-refractivity contribution in [3.63, 3.8) is 0 Å². The zero-order valence-electron chi connectivity index (χ0n) is 11.1. The molecule has 0 radical (unpaired) electrons. The van der Waals surface area contributed by atoms with E-state index in [1.807, 2.05) is 13.1 Å². The van der Waals surface area contributed by atoms with Gasteiger partial charge in [-0.05, 0) is 24.3 Å². The van der Waals surface area contributed by atoms with E-state index >= 15 is 0 Å². The standard InChI is InChI=1S/C14H11ClFN3OS/c1-19-13(12-6-3-7-20-12)17-18-14(19)21-8-9-10(15)4-2-5-11(9)16/h2-7H,8H2,1H3. The second-order valence-corrected chi connectivity index (χ2v) is 5.68. The second kappa shape index (κ2) is 5.91. The molecule has 0 amide bonds. The van der Waals surface area contributed by atoms with Gasteiger partial charge in [0.2, 0.25) is 0 Å². The Morgan fingerprint density at radius 1 is 1.29 bits per heavy atom. The van der Waals surface area contributed by atoms with Crippen molar-refractivity contribution < 1.29 is 8.81 Å². The van der Waals surface area contributed by atoms with Crippen molar-refractivity contribution in [2.75, 3.05) is 0 Å². The Kier molecular flexibility index (Phi) is 3.98. The predicted octanol–water partition coefficient (Wildman–Crippen LogP) is 4.16. The van der Waals surface area contributed by atoms with Gasteiger partial charge in [0.25, 0.3) is 0 Å². The maximum atomic E-state index is 13.7. The summed E-state index contributed by atoms with van der Waals surface area (Å²) in [7, 11) is 1.84. The minimum absolute atomic E-state index is 0.316. The topological polar surface area (TPSA) is 43.9 Å². The Bertz CT molecular complexity index is 737. The van der Waals surface area contributed by atoms with Crippen LogP contribution < -0.4 is 0 Å². The molecule has 3 rings (SSSR count). The summed E-state index contributed by atoms with van der Waals surface area (Å²) in [5, 5.41) is 9.26. The predicted molar refractivity (Wildman–Crippen MR) is 79.7 cm³/mol. The van der Waals surface area contributed by atoms with Gasteiger partial charge in [-0.1, -0.05) is 29.4 Å². The van der Waals surface area contributed by atoms with Crippen molar-refractivity contribution in [2.24, 2.45) is 7.05 Å². The summed E-state index contributed by atoms with van der Waals surface area (Å²) >= 11 is 7.38. The highest BCUT2D eigenvalue weighted by molar-refractivity contribution is 7.98. The zero-order valence-corrected chi connectivity index (χ0v) is 12.7. The number of rotatable bonds is 4. The van der Waals surface area contributed by atoms with E-state index in [2.05, 4.69) is 10.2 Å². The molecule has 3 aromatic rings. The normalized spacial score (nSPS) is 11.0. The van der Waals surface area contributed by atoms with Crippen LogP contribution in [-0.4, -0.2) is 14.8 Å². The monoisotopic (exact) mass is 323 g/mol. The summed E-state index contributed by atoms with van der Waals surface area (Å²) in [6, 6.07) is 8.25. The third-order valence-electron chi connectivity index (χ3n) is 2.98. The molecule has 7 heteroatoms. The molecule has 4 nitrogen and oxygen atoms in total. The SMILES string of the molecule is Cn1c(SCc2c(F)cccc2Cl)nnc1-c1ccco1. The van der Waals surface area contributed by atoms with Gasteiger partial charge in [0.1, 0.15) is 5.82 Å². The smallest absolute Gasteiger partial charge is 0.200 e. The average Bonchev–Trinajstić information content (AvgIpc) is 3.08. The van der Waals surface area contributed by atoms with Crippen LogP contribution >= 0.6 is 23.4 Å². The highest BCUT2D eigenvalue weighted by atomic mass is 35.5. The van der Waals surface area contributed by atoms with Gasteiger partial charge in [0.15, 0.2) is 16.7 Å². The van der Waals surface area contributed by atoms with E-state index in [1.165, 1.54) is 17.8 Å². The fraction of sp³-hybridized carbons (Fsp3) is 0.143. The Hall–Kier alpha value is -1.79. The lowest BCUT2D eigenvalue weighted by molar-refractivity contribution is 0.572. The molecule has 0 bridgehead atoms. The van der Waals surface area contributed by atoms with Crippen LogP contribution in [0.3, 0.4) is 0 Å². The van der Waals surface area contributed by atoms with E-state index < -0.39 is 0 Å². The number of aromatic nitrogens is 3. The van der Waals surface area contributed by atoms with Crippen LogP contribution in [-0.2, 0) is 12.8 Å². The first-order chi connectivity index (χ1) is 10.2. The van der Waals surface area contributed by atoms with Gasteiger partial charge < -0.3 is 8.98 Å². The summed E-state index contributed by atoms with van der Waals surface area (Å²) in [6.45, 7) is 0. The molecule has 0 atom stereocenters. The van der Waals surface area contributed by atoms with Crippen molar-refractivity contribution in [3.05, 3.63) is 53.0 Å². The van der Waals surface area contributed by atoms with Crippen molar-refractivity contribution in [2.45, 2.75) is 10.9 Å². The van der Waals surface area contributed by atoms with Gasteiger partial charge in [-0.15, -0.1) is 10.2 Å². The Labute approximate surface area is 129 Å². The summed E-state index contributed by atoms with van der Waals surface area (Å²) in [5.74, 6) is 1.33. The maximum absolute atomic E-state index is 13.7. The molecule has 0 N–H and O–H groups in total. The molecule has 0 aliphatic rings. The zero-order chi connectivity index (χ0) is 14.8. The Balaban J connectivity index is 1.81. The number of thioether (sulfide) groups is 1. The number of halogens is 2. The highest BCUT2D eigenvalue weighted by Gasteiger charge is 2.15. The molecule has 0 unspecified atom stereocenters. The van der Waals surface area contributed by atoms with Crippen molar-refractivity contribution >= 4 is 23.4 Å². The molecule has 108 valence electrons. The van der Waals surface area contributed by atoms with Crippen LogP contribution in [0.5, 0.6) is 0 Å². The molecule has 21 heavy (non-hydrogen) atoms. The van der Waals surface area contributed by atoms with Gasteiger partial charge in [-0.2, -0.15) is 0 Å². The minimum Gasteiger partial charge on any atom is -0.461 e.